The first-order valence-corrected chi connectivity index (χ1v) is 4.33. The van der Waals surface area contributed by atoms with Crippen molar-refractivity contribution in [3.05, 3.63) is 11.8 Å². The minimum Gasteiger partial charge on any atom is -0.394 e. The second-order valence-corrected chi connectivity index (χ2v) is 3.25. The molecule has 1 aliphatic carbocycles. The molecule has 0 saturated heterocycles. The maximum atomic E-state index is 5.71. The predicted molar refractivity (Wildman–Crippen MR) is 52.3 cm³/mol. The van der Waals surface area contributed by atoms with Crippen LogP contribution < -0.4 is 11.1 Å². The van der Waals surface area contributed by atoms with Crippen molar-refractivity contribution in [2.75, 3.05) is 14.1 Å². The van der Waals surface area contributed by atoms with Crippen molar-refractivity contribution in [1.82, 2.24) is 5.32 Å². The van der Waals surface area contributed by atoms with Gasteiger partial charge in [0.2, 0.25) is 0 Å². The minimum atomic E-state index is 0.403. The molecule has 3 heteroatoms. The number of rotatable bonds is 3. The second kappa shape index (κ2) is 4.26. The Labute approximate surface area is 73.7 Å². The van der Waals surface area contributed by atoms with Crippen LogP contribution in [0.25, 0.3) is 0 Å². The van der Waals surface area contributed by atoms with Crippen LogP contribution in [-0.2, 0) is 0 Å². The minimum absolute atomic E-state index is 0.403. The molecule has 3 nitrogen and oxygen atoms in total. The van der Waals surface area contributed by atoms with Crippen molar-refractivity contribution >= 4 is 6.21 Å². The summed E-state index contributed by atoms with van der Waals surface area (Å²) >= 11 is 0. The van der Waals surface area contributed by atoms with Gasteiger partial charge in [0, 0.05) is 32.6 Å². The Hall–Kier alpha value is -0.830. The Balaban J connectivity index is 2.49. The number of aliphatic imine (C=N–C) groups is 1. The summed E-state index contributed by atoms with van der Waals surface area (Å²) in [4.78, 5) is 4.01. The van der Waals surface area contributed by atoms with Crippen molar-refractivity contribution in [1.29, 1.82) is 0 Å². The molecule has 0 heterocycles. The largest absolute Gasteiger partial charge is 0.394 e. The van der Waals surface area contributed by atoms with Crippen molar-refractivity contribution in [3.63, 3.8) is 0 Å². The number of nitrogens with zero attached hydrogens (tertiary/aromatic N) is 1. The van der Waals surface area contributed by atoms with E-state index in [0.29, 0.717) is 12.0 Å². The third-order valence-corrected chi connectivity index (χ3v) is 2.24. The van der Waals surface area contributed by atoms with Gasteiger partial charge < -0.3 is 11.1 Å². The van der Waals surface area contributed by atoms with E-state index < -0.39 is 0 Å². The summed E-state index contributed by atoms with van der Waals surface area (Å²) in [5, 5.41) is 3.02. The molecule has 1 fully saturated rings. The van der Waals surface area contributed by atoms with Gasteiger partial charge in [0.25, 0.3) is 0 Å². The van der Waals surface area contributed by atoms with Crippen molar-refractivity contribution in [3.8, 4) is 0 Å². The maximum Gasteiger partial charge on any atom is 0.0277 e. The summed E-state index contributed by atoms with van der Waals surface area (Å²) in [6.07, 6.45) is 6.11. The number of hydrogen-bond donors (Lipinski definition) is 2. The van der Waals surface area contributed by atoms with Gasteiger partial charge in [0.15, 0.2) is 0 Å². The van der Waals surface area contributed by atoms with Crippen LogP contribution >= 0.6 is 0 Å². The molecular formula is C9H17N3. The number of allylic oxidation sites excluding steroid dienone is 1. The highest BCUT2D eigenvalue weighted by atomic mass is 14.8. The zero-order valence-corrected chi connectivity index (χ0v) is 7.75. The topological polar surface area (TPSA) is 50.4 Å². The van der Waals surface area contributed by atoms with Crippen LogP contribution in [0.15, 0.2) is 16.8 Å². The average molecular weight is 167 g/mol. The molecule has 1 saturated carbocycles. The molecule has 0 aromatic rings. The van der Waals surface area contributed by atoms with Gasteiger partial charge in [-0.25, -0.2) is 0 Å². The molecule has 0 aromatic carbocycles. The molecule has 12 heavy (non-hydrogen) atoms. The molecule has 0 bridgehead atoms. The molecule has 3 N–H and O–H groups in total. The fraction of sp³-hybridized carbons (Fsp3) is 0.667. The Kier molecular flexibility index (Phi) is 3.29. The molecule has 0 aliphatic heterocycles. The lowest BCUT2D eigenvalue weighted by molar-refractivity contribution is 0.316. The van der Waals surface area contributed by atoms with E-state index in [9.17, 15) is 0 Å². The van der Waals surface area contributed by atoms with Crippen LogP contribution in [0, 0.1) is 5.92 Å². The quantitative estimate of drug-likeness (QED) is 0.602. The van der Waals surface area contributed by atoms with Crippen LogP contribution in [0.2, 0.25) is 0 Å². The zero-order valence-electron chi connectivity index (χ0n) is 7.75. The normalized spacial score (nSPS) is 30.4. The van der Waals surface area contributed by atoms with Gasteiger partial charge in [-0.2, -0.15) is 0 Å². The Morgan fingerprint density at radius 2 is 2.25 bits per heavy atom. The van der Waals surface area contributed by atoms with Gasteiger partial charge in [-0.3, -0.25) is 4.99 Å². The molecular weight excluding hydrogens is 150 g/mol. The van der Waals surface area contributed by atoms with Crippen LogP contribution in [0.5, 0.6) is 0 Å². The summed E-state index contributed by atoms with van der Waals surface area (Å²) in [7, 11) is 3.70. The van der Waals surface area contributed by atoms with Gasteiger partial charge in [-0.05, 0) is 24.3 Å². The average Bonchev–Trinajstić information content (AvgIpc) is 1.99. The third-order valence-electron chi connectivity index (χ3n) is 2.24. The Morgan fingerprint density at radius 3 is 2.67 bits per heavy atom. The van der Waals surface area contributed by atoms with Gasteiger partial charge in [0.1, 0.15) is 0 Å². The fourth-order valence-electron chi connectivity index (χ4n) is 1.51. The SMILES string of the molecule is CN=C/C(=C\NC)C1CC(N)C1. The Morgan fingerprint density at radius 1 is 1.58 bits per heavy atom. The highest BCUT2D eigenvalue weighted by Crippen LogP contribution is 2.31. The fourth-order valence-corrected chi connectivity index (χ4v) is 1.51. The molecule has 0 radical (unpaired) electrons. The third kappa shape index (κ3) is 2.08. The molecule has 0 unspecified atom stereocenters. The predicted octanol–water partition coefficient (Wildman–Crippen LogP) is 0.528. The van der Waals surface area contributed by atoms with E-state index in [0.717, 1.165) is 12.8 Å². The van der Waals surface area contributed by atoms with Gasteiger partial charge in [0.05, 0.1) is 0 Å². The van der Waals surface area contributed by atoms with Crippen LogP contribution in [0.3, 0.4) is 0 Å². The summed E-state index contributed by atoms with van der Waals surface area (Å²) in [5.41, 5.74) is 6.97. The number of nitrogens with two attached hydrogens (primary N) is 1. The van der Waals surface area contributed by atoms with Gasteiger partial charge in [-0.1, -0.05) is 0 Å². The first-order chi connectivity index (χ1) is 5.77. The first-order valence-electron chi connectivity index (χ1n) is 4.33. The molecule has 0 spiro atoms. The van der Waals surface area contributed by atoms with E-state index in [1.807, 2.05) is 19.5 Å². The zero-order chi connectivity index (χ0) is 8.97. The van der Waals surface area contributed by atoms with Crippen molar-refractivity contribution < 1.29 is 0 Å². The first kappa shape index (κ1) is 9.26. The summed E-state index contributed by atoms with van der Waals surface area (Å²) in [6, 6.07) is 0.403. The van der Waals surface area contributed by atoms with E-state index in [1.165, 1.54) is 5.57 Å². The van der Waals surface area contributed by atoms with Gasteiger partial charge in [-0.15, -0.1) is 0 Å². The molecule has 0 atom stereocenters. The number of nitrogens with one attached hydrogen (secondary N) is 1. The van der Waals surface area contributed by atoms with Crippen LogP contribution in [0.4, 0.5) is 0 Å². The summed E-state index contributed by atoms with van der Waals surface area (Å²) in [6.45, 7) is 0. The highest BCUT2D eigenvalue weighted by Gasteiger charge is 2.27. The maximum absolute atomic E-state index is 5.71. The van der Waals surface area contributed by atoms with Crippen molar-refractivity contribution in [2.24, 2.45) is 16.6 Å². The molecule has 1 aliphatic rings. The van der Waals surface area contributed by atoms with E-state index in [1.54, 1.807) is 7.05 Å². The van der Waals surface area contributed by atoms with Crippen molar-refractivity contribution in [2.45, 2.75) is 18.9 Å². The lowest BCUT2D eigenvalue weighted by Gasteiger charge is -2.33. The number of hydrogen-bond acceptors (Lipinski definition) is 3. The highest BCUT2D eigenvalue weighted by molar-refractivity contribution is 5.79. The van der Waals surface area contributed by atoms with E-state index in [-0.39, 0.29) is 0 Å². The molecule has 0 aromatic heterocycles. The smallest absolute Gasteiger partial charge is 0.0277 e. The van der Waals surface area contributed by atoms with E-state index in [2.05, 4.69) is 10.3 Å². The lowest BCUT2D eigenvalue weighted by Crippen LogP contribution is -2.37. The van der Waals surface area contributed by atoms with E-state index in [4.69, 9.17) is 5.73 Å². The lowest BCUT2D eigenvalue weighted by atomic mass is 9.76. The van der Waals surface area contributed by atoms with Crippen LogP contribution in [-0.4, -0.2) is 26.4 Å². The summed E-state index contributed by atoms with van der Waals surface area (Å²) in [5.74, 6) is 0.621. The molecule has 0 amide bonds. The second-order valence-electron chi connectivity index (χ2n) is 3.25. The monoisotopic (exact) mass is 167 g/mol. The van der Waals surface area contributed by atoms with E-state index >= 15 is 0 Å². The Bertz CT molecular complexity index is 190. The summed E-state index contributed by atoms with van der Waals surface area (Å²) < 4.78 is 0. The molecule has 68 valence electrons. The standard InChI is InChI=1S/C9H17N3/c1-11-5-8(6-12-2)7-3-9(10)4-7/h5-7,9,11H,3-4,10H2,1-2H3/b8-5+,12-6?. The van der Waals surface area contributed by atoms with Gasteiger partial charge >= 0.3 is 0 Å². The van der Waals surface area contributed by atoms with Crippen LogP contribution in [0.1, 0.15) is 12.8 Å². The molecule has 1 rings (SSSR count).